The van der Waals surface area contributed by atoms with Crippen LogP contribution >= 0.6 is 0 Å². The second-order valence-electron chi connectivity index (χ2n) is 5.30. The van der Waals surface area contributed by atoms with E-state index in [9.17, 15) is 8.78 Å². The maximum absolute atomic E-state index is 13.7. The van der Waals surface area contributed by atoms with E-state index in [1.165, 1.54) is 43.9 Å². The second-order valence-corrected chi connectivity index (χ2v) is 5.30. The quantitative estimate of drug-likeness (QED) is 0.846. The summed E-state index contributed by atoms with van der Waals surface area (Å²) < 4.78 is 26.8. The number of hydrogen-bond acceptors (Lipinski definition) is 1. The van der Waals surface area contributed by atoms with Gasteiger partial charge in [0.25, 0.3) is 0 Å². The van der Waals surface area contributed by atoms with E-state index >= 15 is 0 Å². The van der Waals surface area contributed by atoms with Gasteiger partial charge >= 0.3 is 0 Å². The average molecular weight is 253 g/mol. The van der Waals surface area contributed by atoms with Gasteiger partial charge in [-0.1, -0.05) is 25.7 Å². The van der Waals surface area contributed by atoms with Crippen molar-refractivity contribution in [2.75, 3.05) is 13.6 Å². The van der Waals surface area contributed by atoms with Crippen molar-refractivity contribution in [3.8, 4) is 0 Å². The van der Waals surface area contributed by atoms with Crippen LogP contribution in [0.5, 0.6) is 0 Å². The molecule has 2 rings (SSSR count). The van der Waals surface area contributed by atoms with Crippen LogP contribution in [0, 0.1) is 23.5 Å². The minimum absolute atomic E-state index is 0.282. The Morgan fingerprint density at radius 3 is 2.67 bits per heavy atom. The van der Waals surface area contributed by atoms with E-state index in [0.717, 1.165) is 6.54 Å². The molecule has 0 aliphatic heterocycles. The molecule has 1 fully saturated rings. The first kappa shape index (κ1) is 13.5. The van der Waals surface area contributed by atoms with Crippen LogP contribution < -0.4 is 5.32 Å². The summed E-state index contributed by atoms with van der Waals surface area (Å²) in [5.41, 5.74) is 0.516. The summed E-state index contributed by atoms with van der Waals surface area (Å²) in [6.45, 7) is 0.876. The van der Waals surface area contributed by atoms with Crippen LogP contribution in [-0.4, -0.2) is 13.6 Å². The van der Waals surface area contributed by atoms with Crippen molar-refractivity contribution in [2.24, 2.45) is 11.8 Å². The topological polar surface area (TPSA) is 12.0 Å². The zero-order valence-corrected chi connectivity index (χ0v) is 10.9. The summed E-state index contributed by atoms with van der Waals surface area (Å²) in [7, 11) is 1.92. The summed E-state index contributed by atoms with van der Waals surface area (Å²) in [6.07, 6.45) is 5.63. The van der Waals surface area contributed by atoms with Crippen LogP contribution in [0.4, 0.5) is 8.78 Å². The molecule has 0 amide bonds. The summed E-state index contributed by atoms with van der Waals surface area (Å²) in [5.74, 6) is 0.436. The molecule has 1 aliphatic carbocycles. The Morgan fingerprint density at radius 2 is 2.00 bits per heavy atom. The highest BCUT2D eigenvalue weighted by Crippen LogP contribution is 2.33. The smallest absolute Gasteiger partial charge is 0.126 e. The third-order valence-electron chi connectivity index (χ3n) is 4.02. The predicted molar refractivity (Wildman–Crippen MR) is 69.4 cm³/mol. The zero-order valence-electron chi connectivity index (χ0n) is 10.9. The van der Waals surface area contributed by atoms with Gasteiger partial charge in [-0.15, -0.1) is 0 Å². The molecule has 1 aliphatic rings. The molecule has 1 nitrogen and oxygen atoms in total. The zero-order chi connectivity index (χ0) is 13.0. The summed E-state index contributed by atoms with van der Waals surface area (Å²) >= 11 is 0. The van der Waals surface area contributed by atoms with Crippen LogP contribution in [0.25, 0.3) is 0 Å². The molecule has 0 saturated heterocycles. The molecule has 1 aromatic carbocycles. The summed E-state index contributed by atoms with van der Waals surface area (Å²) in [6, 6.07) is 3.75. The molecule has 1 unspecified atom stereocenters. The van der Waals surface area contributed by atoms with Crippen LogP contribution in [0.3, 0.4) is 0 Å². The molecule has 18 heavy (non-hydrogen) atoms. The molecule has 0 radical (unpaired) electrons. The average Bonchev–Trinajstić information content (AvgIpc) is 2.87. The maximum atomic E-state index is 13.7. The highest BCUT2D eigenvalue weighted by Gasteiger charge is 2.25. The number of halogens is 2. The molecule has 100 valence electrons. The summed E-state index contributed by atoms with van der Waals surface area (Å²) in [4.78, 5) is 0. The van der Waals surface area contributed by atoms with Crippen LogP contribution in [0.2, 0.25) is 0 Å². The number of rotatable bonds is 5. The molecule has 1 aromatic rings. The highest BCUT2D eigenvalue weighted by molar-refractivity contribution is 5.19. The van der Waals surface area contributed by atoms with Gasteiger partial charge in [-0.2, -0.15) is 0 Å². The van der Waals surface area contributed by atoms with Gasteiger partial charge in [0.1, 0.15) is 11.6 Å². The SMILES string of the molecule is CNCC(Cc1cc(F)ccc1F)C1CCCC1. The lowest BCUT2D eigenvalue weighted by atomic mass is 9.85. The lowest BCUT2D eigenvalue weighted by Crippen LogP contribution is -2.27. The maximum Gasteiger partial charge on any atom is 0.126 e. The third kappa shape index (κ3) is 3.29. The largest absolute Gasteiger partial charge is 0.319 e. The van der Waals surface area contributed by atoms with Crippen LogP contribution in [-0.2, 0) is 6.42 Å². The van der Waals surface area contributed by atoms with Gasteiger partial charge in [-0.3, -0.25) is 0 Å². The second kappa shape index (κ2) is 6.28. The van der Waals surface area contributed by atoms with E-state index in [0.29, 0.717) is 23.8 Å². The standard InChI is InChI=1S/C15H21F2N/c1-18-10-13(11-4-2-3-5-11)8-12-9-14(16)6-7-15(12)17/h6-7,9,11,13,18H,2-5,8,10H2,1H3. The normalized spacial score (nSPS) is 18.2. The first-order chi connectivity index (χ1) is 8.70. The van der Waals surface area contributed by atoms with Crippen molar-refractivity contribution >= 4 is 0 Å². The number of nitrogens with one attached hydrogen (secondary N) is 1. The van der Waals surface area contributed by atoms with Crippen molar-refractivity contribution in [3.05, 3.63) is 35.4 Å². The Morgan fingerprint density at radius 1 is 1.28 bits per heavy atom. The van der Waals surface area contributed by atoms with E-state index in [1.807, 2.05) is 7.05 Å². The molecule has 0 bridgehead atoms. The summed E-state index contributed by atoms with van der Waals surface area (Å²) in [5, 5.41) is 3.18. The van der Waals surface area contributed by atoms with E-state index in [4.69, 9.17) is 0 Å². The van der Waals surface area contributed by atoms with E-state index in [2.05, 4.69) is 5.32 Å². The van der Waals surface area contributed by atoms with Gasteiger partial charge in [-0.25, -0.2) is 8.78 Å². The Kier molecular flexibility index (Phi) is 4.70. The fourth-order valence-electron chi connectivity index (χ4n) is 3.08. The van der Waals surface area contributed by atoms with E-state index < -0.39 is 0 Å². The molecule has 1 saturated carbocycles. The van der Waals surface area contributed by atoms with E-state index in [-0.39, 0.29) is 11.6 Å². The Bertz CT molecular complexity index is 386. The molecule has 3 heteroatoms. The van der Waals surface area contributed by atoms with Crippen molar-refractivity contribution in [1.82, 2.24) is 5.32 Å². The molecule has 0 aromatic heterocycles. The Labute approximate surface area is 108 Å². The lowest BCUT2D eigenvalue weighted by Gasteiger charge is -2.23. The van der Waals surface area contributed by atoms with Crippen LogP contribution in [0.15, 0.2) is 18.2 Å². The van der Waals surface area contributed by atoms with Gasteiger partial charge in [0, 0.05) is 0 Å². The Hall–Kier alpha value is -0.960. The van der Waals surface area contributed by atoms with Crippen LogP contribution in [0.1, 0.15) is 31.2 Å². The fourth-order valence-corrected chi connectivity index (χ4v) is 3.08. The first-order valence-electron chi connectivity index (χ1n) is 6.79. The van der Waals surface area contributed by atoms with Gasteiger partial charge < -0.3 is 5.32 Å². The molecule has 1 atom stereocenters. The number of benzene rings is 1. The fraction of sp³-hybridized carbons (Fsp3) is 0.600. The van der Waals surface area contributed by atoms with Crippen molar-refractivity contribution in [2.45, 2.75) is 32.1 Å². The van der Waals surface area contributed by atoms with Gasteiger partial charge in [0.15, 0.2) is 0 Å². The first-order valence-corrected chi connectivity index (χ1v) is 6.79. The lowest BCUT2D eigenvalue weighted by molar-refractivity contribution is 0.324. The van der Waals surface area contributed by atoms with Crippen molar-refractivity contribution in [1.29, 1.82) is 0 Å². The van der Waals surface area contributed by atoms with Gasteiger partial charge in [0.05, 0.1) is 0 Å². The highest BCUT2D eigenvalue weighted by atomic mass is 19.1. The van der Waals surface area contributed by atoms with Crippen molar-refractivity contribution in [3.63, 3.8) is 0 Å². The van der Waals surface area contributed by atoms with Crippen molar-refractivity contribution < 1.29 is 8.78 Å². The van der Waals surface area contributed by atoms with Gasteiger partial charge in [0.2, 0.25) is 0 Å². The third-order valence-corrected chi connectivity index (χ3v) is 4.02. The Balaban J connectivity index is 2.09. The molecule has 0 heterocycles. The predicted octanol–water partition coefficient (Wildman–Crippen LogP) is 3.53. The molecule has 0 spiro atoms. The minimum Gasteiger partial charge on any atom is -0.319 e. The molecular formula is C15H21F2N. The molecule has 1 N–H and O–H groups in total. The monoisotopic (exact) mass is 253 g/mol. The minimum atomic E-state index is -0.346. The van der Waals surface area contributed by atoms with Gasteiger partial charge in [-0.05, 0) is 55.6 Å². The number of hydrogen-bond donors (Lipinski definition) is 1. The molecular weight excluding hydrogens is 232 g/mol. The van der Waals surface area contributed by atoms with E-state index in [1.54, 1.807) is 0 Å².